The predicted molar refractivity (Wildman–Crippen MR) is 117 cm³/mol. The summed E-state index contributed by atoms with van der Waals surface area (Å²) < 4.78 is 0. The second kappa shape index (κ2) is 7.03. The van der Waals surface area contributed by atoms with E-state index in [9.17, 15) is 0 Å². The second-order valence-electron chi connectivity index (χ2n) is 6.88. The summed E-state index contributed by atoms with van der Waals surface area (Å²) in [6.07, 6.45) is 4.66. The van der Waals surface area contributed by atoms with Crippen LogP contribution in [0.4, 0.5) is 11.4 Å². The molecule has 0 aromatic heterocycles. The molecule has 26 heavy (non-hydrogen) atoms. The van der Waals surface area contributed by atoms with Crippen molar-refractivity contribution in [2.45, 2.75) is 0 Å². The highest BCUT2D eigenvalue weighted by molar-refractivity contribution is 7.67. The minimum atomic E-state index is -0.199. The molecule has 0 radical (unpaired) electrons. The summed E-state index contributed by atoms with van der Waals surface area (Å²) in [6.45, 7) is 0. The smallest absolute Gasteiger partial charge is 0.0610 e. The molecule has 2 bridgehead atoms. The van der Waals surface area contributed by atoms with Crippen molar-refractivity contribution in [1.82, 2.24) is 0 Å². The third-order valence-corrected chi connectivity index (χ3v) is 9.96. The first-order valence-electron chi connectivity index (χ1n) is 9.07. The molecule has 0 aliphatic carbocycles. The van der Waals surface area contributed by atoms with Crippen LogP contribution in [0.15, 0.2) is 84.9 Å². The Morgan fingerprint density at radius 3 is 1.19 bits per heavy atom. The lowest BCUT2D eigenvalue weighted by molar-refractivity contribution is 1.05. The van der Waals surface area contributed by atoms with E-state index in [1.54, 1.807) is 0 Å². The van der Waals surface area contributed by atoms with Crippen LogP contribution in [0.2, 0.25) is 0 Å². The zero-order chi connectivity index (χ0) is 17.3. The molecule has 2 aliphatic rings. The minimum absolute atomic E-state index is 0.199. The molecule has 2 nitrogen and oxygen atoms in total. The van der Waals surface area contributed by atoms with Crippen LogP contribution in [0.3, 0.4) is 0 Å². The van der Waals surface area contributed by atoms with Gasteiger partial charge in [-0.2, -0.15) is 0 Å². The van der Waals surface area contributed by atoms with Gasteiger partial charge in [0.1, 0.15) is 0 Å². The van der Waals surface area contributed by atoms with E-state index < -0.39 is 0 Å². The van der Waals surface area contributed by atoms with Crippen LogP contribution in [0.1, 0.15) is 0 Å². The summed E-state index contributed by atoms with van der Waals surface area (Å²) in [5.74, 6) is 0. The minimum Gasteiger partial charge on any atom is -0.361 e. The number of para-hydroxylation sites is 2. The van der Waals surface area contributed by atoms with Gasteiger partial charge in [-0.25, -0.2) is 0 Å². The van der Waals surface area contributed by atoms with Gasteiger partial charge in [0.25, 0.3) is 0 Å². The fraction of sp³-hybridized carbons (Fsp3) is 0.182. The highest BCUT2D eigenvalue weighted by Crippen LogP contribution is 2.53. The number of hydrogen-bond donors (Lipinski definition) is 0. The number of rotatable bonds is 2. The largest absolute Gasteiger partial charge is 0.361 e. The average molecular weight is 376 g/mol. The van der Waals surface area contributed by atoms with Crippen LogP contribution >= 0.6 is 15.8 Å². The molecule has 3 aromatic carbocycles. The topological polar surface area (TPSA) is 6.48 Å². The van der Waals surface area contributed by atoms with E-state index in [2.05, 4.69) is 94.7 Å². The lowest BCUT2D eigenvalue weighted by Crippen LogP contribution is -2.33. The van der Waals surface area contributed by atoms with Crippen molar-refractivity contribution >= 4 is 37.8 Å². The zero-order valence-electron chi connectivity index (χ0n) is 14.7. The molecule has 0 saturated heterocycles. The van der Waals surface area contributed by atoms with Gasteiger partial charge >= 0.3 is 0 Å². The summed E-state index contributed by atoms with van der Waals surface area (Å²) >= 11 is 0. The van der Waals surface area contributed by atoms with Gasteiger partial charge in [-0.1, -0.05) is 72.8 Å². The quantitative estimate of drug-likeness (QED) is 0.595. The fourth-order valence-electron chi connectivity index (χ4n) is 3.91. The van der Waals surface area contributed by atoms with Gasteiger partial charge in [0.15, 0.2) is 0 Å². The normalized spacial score (nSPS) is 17.7. The van der Waals surface area contributed by atoms with Crippen LogP contribution in [-0.4, -0.2) is 25.1 Å². The lowest BCUT2D eigenvalue weighted by Gasteiger charge is -2.35. The molecule has 3 aromatic rings. The standard InChI is InChI=1S/C22H22N2P2/c1-3-9-19(10-4-1)25-15-23-17-26(20-11-5-2-6-12-20)18-24(16-25)22-14-8-7-13-21(22)23/h1-14H,15-18H2. The number of hydrogen-bond acceptors (Lipinski definition) is 2. The summed E-state index contributed by atoms with van der Waals surface area (Å²) in [5, 5.41) is 3.05. The molecule has 0 fully saturated rings. The van der Waals surface area contributed by atoms with E-state index in [0.717, 1.165) is 0 Å². The van der Waals surface area contributed by atoms with E-state index in [1.165, 1.54) is 47.1 Å². The first kappa shape index (κ1) is 16.3. The first-order chi connectivity index (χ1) is 12.9. The van der Waals surface area contributed by atoms with Gasteiger partial charge in [0.05, 0.1) is 11.4 Å². The molecule has 0 N–H and O–H groups in total. The monoisotopic (exact) mass is 376 g/mol. The third-order valence-electron chi connectivity index (χ3n) is 5.17. The van der Waals surface area contributed by atoms with Gasteiger partial charge in [0.2, 0.25) is 0 Å². The van der Waals surface area contributed by atoms with Crippen molar-refractivity contribution in [3.63, 3.8) is 0 Å². The Labute approximate surface area is 158 Å². The molecule has 0 amide bonds. The summed E-state index contributed by atoms with van der Waals surface area (Å²) in [6, 6.07) is 31.3. The van der Waals surface area contributed by atoms with Crippen LogP contribution in [0.5, 0.6) is 0 Å². The molecule has 4 heteroatoms. The molecule has 0 saturated carbocycles. The van der Waals surface area contributed by atoms with E-state index in [1.807, 2.05) is 0 Å². The predicted octanol–water partition coefficient (Wildman–Crippen LogP) is 4.77. The molecule has 2 aliphatic heterocycles. The lowest BCUT2D eigenvalue weighted by atomic mass is 10.2. The highest BCUT2D eigenvalue weighted by Gasteiger charge is 2.33. The van der Waals surface area contributed by atoms with Crippen LogP contribution in [0, 0.1) is 0 Å². The average Bonchev–Trinajstić information content (AvgIpc) is 2.94. The summed E-state index contributed by atoms with van der Waals surface area (Å²) in [7, 11) is -0.398. The Balaban J connectivity index is 1.54. The van der Waals surface area contributed by atoms with Crippen molar-refractivity contribution < 1.29 is 0 Å². The van der Waals surface area contributed by atoms with Crippen LogP contribution in [-0.2, 0) is 0 Å². The van der Waals surface area contributed by atoms with Crippen molar-refractivity contribution in [2.24, 2.45) is 0 Å². The molecule has 5 rings (SSSR count). The first-order valence-corrected chi connectivity index (χ1v) is 12.5. The Morgan fingerprint density at radius 1 is 0.462 bits per heavy atom. The molecular formula is C22H22N2P2. The van der Waals surface area contributed by atoms with Gasteiger partial charge in [-0.05, 0) is 38.6 Å². The summed E-state index contributed by atoms with van der Waals surface area (Å²) in [4.78, 5) is 5.36. The van der Waals surface area contributed by atoms with E-state index in [4.69, 9.17) is 0 Å². The van der Waals surface area contributed by atoms with E-state index >= 15 is 0 Å². The number of benzene rings is 3. The maximum atomic E-state index is 2.68. The maximum absolute atomic E-state index is 2.68. The Morgan fingerprint density at radius 2 is 0.808 bits per heavy atom. The number of anilines is 2. The Kier molecular flexibility index (Phi) is 4.41. The molecule has 0 unspecified atom stereocenters. The summed E-state index contributed by atoms with van der Waals surface area (Å²) in [5.41, 5.74) is 2.85. The molecule has 130 valence electrons. The maximum Gasteiger partial charge on any atom is 0.0610 e. The van der Waals surface area contributed by atoms with E-state index in [-0.39, 0.29) is 15.8 Å². The van der Waals surface area contributed by atoms with Crippen molar-refractivity contribution in [1.29, 1.82) is 0 Å². The van der Waals surface area contributed by atoms with Gasteiger partial charge in [-0.15, -0.1) is 0 Å². The van der Waals surface area contributed by atoms with Crippen molar-refractivity contribution in [2.75, 3.05) is 34.9 Å². The highest BCUT2D eigenvalue weighted by atomic mass is 31.1. The van der Waals surface area contributed by atoms with Crippen molar-refractivity contribution in [3.05, 3.63) is 84.9 Å². The van der Waals surface area contributed by atoms with Gasteiger partial charge in [0, 0.05) is 25.1 Å². The Hall–Kier alpha value is -1.88. The Bertz CT molecular complexity index is 798. The molecule has 2 heterocycles. The zero-order valence-corrected chi connectivity index (χ0v) is 16.5. The number of nitrogens with zero attached hydrogens (tertiary/aromatic N) is 2. The SMILES string of the molecule is c1ccc(P2CN3CP(c4ccccc4)CN(C2)c2ccccc23)cc1. The fourth-order valence-corrected chi connectivity index (χ4v) is 8.90. The van der Waals surface area contributed by atoms with E-state index in [0.29, 0.717) is 0 Å². The van der Waals surface area contributed by atoms with Gasteiger partial charge in [-0.3, -0.25) is 0 Å². The third kappa shape index (κ3) is 3.02. The van der Waals surface area contributed by atoms with Gasteiger partial charge < -0.3 is 9.80 Å². The van der Waals surface area contributed by atoms with Crippen LogP contribution in [0.25, 0.3) is 0 Å². The van der Waals surface area contributed by atoms with Crippen molar-refractivity contribution in [3.8, 4) is 0 Å². The molecule has 0 atom stereocenters. The molecule has 0 spiro atoms. The van der Waals surface area contributed by atoms with Crippen LogP contribution < -0.4 is 20.4 Å². The second-order valence-corrected chi connectivity index (χ2v) is 11.2. The molecular weight excluding hydrogens is 354 g/mol.